The fourth-order valence-corrected chi connectivity index (χ4v) is 0.689. The van der Waals surface area contributed by atoms with E-state index in [0.717, 1.165) is 6.08 Å². The highest BCUT2D eigenvalue weighted by molar-refractivity contribution is 5.81. The van der Waals surface area contributed by atoms with Crippen LogP contribution in [0.15, 0.2) is 12.7 Å². The van der Waals surface area contributed by atoms with E-state index in [9.17, 15) is 9.59 Å². The topological polar surface area (TPSA) is 52.6 Å². The van der Waals surface area contributed by atoms with Crippen molar-refractivity contribution in [3.8, 4) is 0 Å². The number of cyclic esters (lactones) is 1. The molecular formula is C7H8O4. The smallest absolute Gasteiger partial charge is 0.330 e. The van der Waals surface area contributed by atoms with E-state index in [0.29, 0.717) is 6.42 Å². The van der Waals surface area contributed by atoms with Gasteiger partial charge in [-0.25, -0.2) is 4.79 Å². The van der Waals surface area contributed by atoms with Crippen molar-refractivity contribution in [1.82, 2.24) is 0 Å². The second-order valence-electron chi connectivity index (χ2n) is 2.15. The fourth-order valence-electron chi connectivity index (χ4n) is 0.689. The Hall–Kier alpha value is -1.32. The van der Waals surface area contributed by atoms with Gasteiger partial charge in [-0.05, 0) is 0 Å². The fraction of sp³-hybridized carbons (Fsp3) is 0.429. The molecule has 1 aliphatic heterocycles. The molecule has 11 heavy (non-hydrogen) atoms. The van der Waals surface area contributed by atoms with Gasteiger partial charge in [-0.3, -0.25) is 4.79 Å². The molecule has 0 aromatic carbocycles. The highest BCUT2D eigenvalue weighted by Gasteiger charge is 2.29. The van der Waals surface area contributed by atoms with Crippen LogP contribution >= 0.6 is 0 Å². The number of ether oxygens (including phenoxy) is 2. The molecular weight excluding hydrogens is 148 g/mol. The monoisotopic (exact) mass is 156 g/mol. The Labute approximate surface area is 63.8 Å². The number of carbonyl (C=O) groups excluding carboxylic acids is 2. The molecule has 1 unspecified atom stereocenters. The van der Waals surface area contributed by atoms with Crippen LogP contribution in [0.1, 0.15) is 6.42 Å². The van der Waals surface area contributed by atoms with E-state index in [2.05, 4.69) is 16.1 Å². The van der Waals surface area contributed by atoms with Gasteiger partial charge in [-0.1, -0.05) is 6.58 Å². The van der Waals surface area contributed by atoms with Crippen molar-refractivity contribution < 1.29 is 19.1 Å². The zero-order valence-electron chi connectivity index (χ0n) is 5.91. The van der Waals surface area contributed by atoms with Gasteiger partial charge in [-0.2, -0.15) is 0 Å². The number of hydrogen-bond acceptors (Lipinski definition) is 4. The van der Waals surface area contributed by atoms with Gasteiger partial charge in [0.1, 0.15) is 12.7 Å². The van der Waals surface area contributed by atoms with Crippen LogP contribution in [0, 0.1) is 0 Å². The Kier molecular flexibility index (Phi) is 2.25. The Morgan fingerprint density at radius 1 is 1.91 bits per heavy atom. The van der Waals surface area contributed by atoms with Gasteiger partial charge in [0.15, 0.2) is 0 Å². The quantitative estimate of drug-likeness (QED) is 0.427. The lowest BCUT2D eigenvalue weighted by atomic mass is 10.2. The van der Waals surface area contributed by atoms with E-state index in [4.69, 9.17) is 0 Å². The molecule has 1 fully saturated rings. The minimum atomic E-state index is -0.493. The van der Waals surface area contributed by atoms with Crippen LogP contribution in [0.5, 0.6) is 0 Å². The van der Waals surface area contributed by atoms with Crippen molar-refractivity contribution >= 4 is 11.9 Å². The Morgan fingerprint density at radius 3 is 3.00 bits per heavy atom. The summed E-state index contributed by atoms with van der Waals surface area (Å²) >= 11 is 0. The van der Waals surface area contributed by atoms with Crippen LogP contribution in [-0.2, 0) is 19.1 Å². The molecule has 1 heterocycles. The second-order valence-corrected chi connectivity index (χ2v) is 2.15. The lowest BCUT2D eigenvalue weighted by molar-refractivity contribution is -0.177. The molecule has 0 aliphatic carbocycles. The molecule has 0 amide bonds. The molecule has 4 heteroatoms. The first-order valence-electron chi connectivity index (χ1n) is 3.21. The Bertz CT molecular complexity index is 189. The van der Waals surface area contributed by atoms with Crippen molar-refractivity contribution in [3.63, 3.8) is 0 Å². The van der Waals surface area contributed by atoms with Crippen molar-refractivity contribution in [2.75, 3.05) is 6.61 Å². The summed E-state index contributed by atoms with van der Waals surface area (Å²) in [6, 6.07) is 0. The van der Waals surface area contributed by atoms with Crippen LogP contribution in [0.3, 0.4) is 0 Å². The van der Waals surface area contributed by atoms with Gasteiger partial charge in [-0.15, -0.1) is 0 Å². The predicted octanol–water partition coefficient (Wildman–Crippen LogP) is 0.0311. The van der Waals surface area contributed by atoms with Gasteiger partial charge in [0.05, 0.1) is 6.42 Å². The Morgan fingerprint density at radius 2 is 2.55 bits per heavy atom. The van der Waals surface area contributed by atoms with Gasteiger partial charge >= 0.3 is 11.9 Å². The highest BCUT2D eigenvalue weighted by Crippen LogP contribution is 2.12. The summed E-state index contributed by atoms with van der Waals surface area (Å²) in [4.78, 5) is 20.7. The molecule has 0 radical (unpaired) electrons. The lowest BCUT2D eigenvalue weighted by Gasteiger charge is -2.24. The van der Waals surface area contributed by atoms with Crippen LogP contribution in [0.2, 0.25) is 0 Å². The molecule has 0 aromatic heterocycles. The van der Waals surface area contributed by atoms with Crippen molar-refractivity contribution in [2.24, 2.45) is 0 Å². The first kappa shape index (κ1) is 7.78. The number of carbonyl (C=O) groups is 2. The minimum absolute atomic E-state index is 0.136. The standard InChI is InChI=1S/C7H8O4/c1-2-6(8)10-4-5-3-7(9)11-5/h2,5H,1,3-4H2. The van der Waals surface area contributed by atoms with E-state index >= 15 is 0 Å². The third kappa shape index (κ3) is 2.07. The van der Waals surface area contributed by atoms with Crippen LogP contribution in [-0.4, -0.2) is 24.6 Å². The zero-order chi connectivity index (χ0) is 8.27. The number of esters is 2. The van der Waals surface area contributed by atoms with Crippen molar-refractivity contribution in [3.05, 3.63) is 12.7 Å². The van der Waals surface area contributed by atoms with E-state index in [1.165, 1.54) is 0 Å². The third-order valence-corrected chi connectivity index (χ3v) is 1.27. The molecule has 1 saturated heterocycles. The summed E-state index contributed by atoms with van der Waals surface area (Å²) in [7, 11) is 0. The van der Waals surface area contributed by atoms with E-state index < -0.39 is 5.97 Å². The summed E-state index contributed by atoms with van der Waals surface area (Å²) < 4.78 is 9.19. The van der Waals surface area contributed by atoms with Gasteiger partial charge in [0.2, 0.25) is 0 Å². The second kappa shape index (κ2) is 3.18. The van der Waals surface area contributed by atoms with E-state index in [-0.39, 0.29) is 18.7 Å². The van der Waals surface area contributed by atoms with Crippen LogP contribution in [0.4, 0.5) is 0 Å². The largest absolute Gasteiger partial charge is 0.459 e. The summed E-state index contributed by atoms with van der Waals surface area (Å²) in [6.07, 6.45) is 1.16. The molecule has 4 nitrogen and oxygen atoms in total. The Balaban J connectivity index is 2.09. The maximum Gasteiger partial charge on any atom is 0.330 e. The molecule has 0 spiro atoms. The average Bonchev–Trinajstić information content (AvgIpc) is 1.95. The molecule has 1 rings (SSSR count). The summed E-state index contributed by atoms with van der Waals surface area (Å²) in [5.41, 5.74) is 0. The molecule has 1 aliphatic rings. The molecule has 0 aromatic rings. The number of hydrogen-bond donors (Lipinski definition) is 0. The minimum Gasteiger partial charge on any atom is -0.459 e. The summed E-state index contributed by atoms with van der Waals surface area (Å²) in [5, 5.41) is 0. The molecule has 0 bridgehead atoms. The third-order valence-electron chi connectivity index (χ3n) is 1.27. The van der Waals surface area contributed by atoms with Crippen LogP contribution < -0.4 is 0 Å². The molecule has 0 saturated carbocycles. The highest BCUT2D eigenvalue weighted by atomic mass is 16.6. The summed E-state index contributed by atoms with van der Waals surface area (Å²) in [6.45, 7) is 3.35. The molecule has 0 N–H and O–H groups in total. The number of rotatable bonds is 3. The summed E-state index contributed by atoms with van der Waals surface area (Å²) in [5.74, 6) is -0.738. The SMILES string of the molecule is C=CC(=O)OCC1CC(=O)O1. The predicted molar refractivity (Wildman–Crippen MR) is 35.7 cm³/mol. The maximum atomic E-state index is 10.5. The van der Waals surface area contributed by atoms with Crippen molar-refractivity contribution in [2.45, 2.75) is 12.5 Å². The van der Waals surface area contributed by atoms with Crippen molar-refractivity contribution in [1.29, 1.82) is 0 Å². The van der Waals surface area contributed by atoms with Gasteiger partial charge < -0.3 is 9.47 Å². The zero-order valence-corrected chi connectivity index (χ0v) is 5.91. The maximum absolute atomic E-state index is 10.5. The first-order chi connectivity index (χ1) is 5.22. The lowest BCUT2D eigenvalue weighted by Crippen LogP contribution is -2.36. The van der Waals surface area contributed by atoms with Gasteiger partial charge in [0.25, 0.3) is 0 Å². The normalized spacial score (nSPS) is 21.5. The first-order valence-corrected chi connectivity index (χ1v) is 3.21. The van der Waals surface area contributed by atoms with Gasteiger partial charge in [0, 0.05) is 6.08 Å². The molecule has 60 valence electrons. The van der Waals surface area contributed by atoms with E-state index in [1.54, 1.807) is 0 Å². The average molecular weight is 156 g/mol. The van der Waals surface area contributed by atoms with E-state index in [1.807, 2.05) is 0 Å². The molecule has 1 atom stereocenters. The van der Waals surface area contributed by atoms with Crippen LogP contribution in [0.25, 0.3) is 0 Å².